The monoisotopic (exact) mass is 263 g/mol. The lowest BCUT2D eigenvalue weighted by Crippen LogP contribution is -2.40. The molecule has 1 atom stereocenters. The van der Waals surface area contributed by atoms with E-state index >= 15 is 0 Å². The largest absolute Gasteiger partial charge is 0.324 e. The zero-order valence-corrected chi connectivity index (χ0v) is 11.4. The van der Waals surface area contributed by atoms with E-state index in [1.807, 2.05) is 5.38 Å². The molecule has 3 rings (SSSR count). The van der Waals surface area contributed by atoms with E-state index in [9.17, 15) is 9.59 Å². The molecular weight excluding hydrogens is 246 g/mol. The van der Waals surface area contributed by atoms with Crippen molar-refractivity contribution in [1.29, 1.82) is 0 Å². The standard InChI is InChI=1S/C14H17NO2S/c1-9-10-7-15(14(17)11(10)8-18-9)12-5-3-2-4-6-13(12)16/h8,12H,2-7H2,1H3/t12-/m0/s1. The molecule has 0 radical (unpaired) electrons. The fourth-order valence-corrected chi connectivity index (χ4v) is 3.83. The normalized spacial score (nSPS) is 24.3. The molecule has 1 aliphatic carbocycles. The number of hydrogen-bond donors (Lipinski definition) is 0. The summed E-state index contributed by atoms with van der Waals surface area (Å²) in [6.07, 6.45) is 4.64. The van der Waals surface area contributed by atoms with Gasteiger partial charge in [0.1, 0.15) is 0 Å². The molecule has 1 fully saturated rings. The summed E-state index contributed by atoms with van der Waals surface area (Å²) in [5.41, 5.74) is 1.97. The summed E-state index contributed by atoms with van der Waals surface area (Å²) in [6, 6.07) is -0.170. The highest BCUT2D eigenvalue weighted by atomic mass is 32.1. The number of Topliss-reactive ketones (excluding diaryl/α,β-unsaturated/α-hetero) is 1. The molecule has 1 aromatic rings. The Morgan fingerprint density at radius 3 is 2.89 bits per heavy atom. The molecule has 18 heavy (non-hydrogen) atoms. The summed E-state index contributed by atoms with van der Waals surface area (Å²) < 4.78 is 0. The zero-order valence-electron chi connectivity index (χ0n) is 10.6. The topological polar surface area (TPSA) is 37.4 Å². The first-order valence-corrected chi connectivity index (χ1v) is 7.47. The van der Waals surface area contributed by atoms with Crippen LogP contribution in [-0.4, -0.2) is 22.6 Å². The van der Waals surface area contributed by atoms with Crippen LogP contribution in [0.3, 0.4) is 0 Å². The van der Waals surface area contributed by atoms with Gasteiger partial charge in [-0.3, -0.25) is 9.59 Å². The first-order valence-electron chi connectivity index (χ1n) is 6.59. The Bertz CT molecular complexity index is 506. The van der Waals surface area contributed by atoms with Gasteiger partial charge in [-0.1, -0.05) is 12.8 Å². The predicted octanol–water partition coefficient (Wildman–Crippen LogP) is 2.91. The minimum atomic E-state index is -0.170. The number of thiophene rings is 1. The van der Waals surface area contributed by atoms with E-state index in [-0.39, 0.29) is 17.7 Å². The molecule has 0 unspecified atom stereocenters. The van der Waals surface area contributed by atoms with Crippen LogP contribution in [0.25, 0.3) is 0 Å². The Balaban J connectivity index is 1.86. The Labute approximate surface area is 111 Å². The zero-order chi connectivity index (χ0) is 12.7. The van der Waals surface area contributed by atoms with E-state index in [0.29, 0.717) is 13.0 Å². The minimum absolute atomic E-state index is 0.0644. The van der Waals surface area contributed by atoms with Crippen LogP contribution < -0.4 is 0 Å². The van der Waals surface area contributed by atoms with Crippen LogP contribution in [0.2, 0.25) is 0 Å². The minimum Gasteiger partial charge on any atom is -0.324 e. The maximum absolute atomic E-state index is 12.3. The van der Waals surface area contributed by atoms with Gasteiger partial charge in [0.15, 0.2) is 5.78 Å². The third-order valence-corrected chi connectivity index (χ3v) is 5.03. The van der Waals surface area contributed by atoms with E-state index in [0.717, 1.165) is 36.8 Å². The second-order valence-corrected chi connectivity index (χ2v) is 6.28. The summed E-state index contributed by atoms with van der Waals surface area (Å²) in [7, 11) is 0. The van der Waals surface area contributed by atoms with Gasteiger partial charge in [-0.2, -0.15) is 0 Å². The lowest BCUT2D eigenvalue weighted by molar-refractivity contribution is -0.123. The second kappa shape index (κ2) is 4.50. The van der Waals surface area contributed by atoms with Crippen molar-refractivity contribution in [2.45, 2.75) is 51.6 Å². The number of fused-ring (bicyclic) bond motifs is 1. The Morgan fingerprint density at radius 1 is 1.28 bits per heavy atom. The Morgan fingerprint density at radius 2 is 2.11 bits per heavy atom. The molecule has 1 amide bonds. The molecule has 0 saturated heterocycles. The van der Waals surface area contributed by atoms with E-state index < -0.39 is 0 Å². The molecule has 0 aromatic carbocycles. The number of amides is 1. The number of carbonyl (C=O) groups excluding carboxylic acids is 2. The SMILES string of the molecule is Cc1scc2c1CN([C@H]1CCCCCC1=O)C2=O. The van der Waals surface area contributed by atoms with Crippen LogP contribution in [0, 0.1) is 6.92 Å². The van der Waals surface area contributed by atoms with Crippen LogP contribution in [0.4, 0.5) is 0 Å². The highest BCUT2D eigenvalue weighted by molar-refractivity contribution is 7.10. The third-order valence-electron chi connectivity index (χ3n) is 4.07. The maximum Gasteiger partial charge on any atom is 0.255 e. The molecular formula is C14H17NO2S. The summed E-state index contributed by atoms with van der Waals surface area (Å²) in [5.74, 6) is 0.321. The van der Waals surface area contributed by atoms with E-state index in [4.69, 9.17) is 0 Å². The molecule has 2 aliphatic rings. The Hall–Kier alpha value is -1.16. The van der Waals surface area contributed by atoms with Crippen LogP contribution in [0.1, 0.15) is 52.9 Å². The number of aryl methyl sites for hydroxylation is 1. The summed E-state index contributed by atoms with van der Waals surface area (Å²) in [4.78, 5) is 27.5. The van der Waals surface area contributed by atoms with Crippen LogP contribution in [-0.2, 0) is 11.3 Å². The number of rotatable bonds is 1. The van der Waals surface area contributed by atoms with Gasteiger partial charge >= 0.3 is 0 Å². The van der Waals surface area contributed by atoms with Gasteiger partial charge in [-0.25, -0.2) is 0 Å². The molecule has 1 aromatic heterocycles. The smallest absolute Gasteiger partial charge is 0.255 e. The highest BCUT2D eigenvalue weighted by Crippen LogP contribution is 2.33. The van der Waals surface area contributed by atoms with Crippen molar-refractivity contribution in [3.8, 4) is 0 Å². The lowest BCUT2D eigenvalue weighted by atomic mass is 10.1. The second-order valence-electron chi connectivity index (χ2n) is 5.20. The van der Waals surface area contributed by atoms with Crippen molar-refractivity contribution in [2.24, 2.45) is 0 Å². The van der Waals surface area contributed by atoms with Crippen molar-refractivity contribution in [2.75, 3.05) is 0 Å². The fraction of sp³-hybridized carbons (Fsp3) is 0.571. The number of hydrogen-bond acceptors (Lipinski definition) is 3. The average molecular weight is 263 g/mol. The van der Waals surface area contributed by atoms with E-state index in [1.54, 1.807) is 16.2 Å². The van der Waals surface area contributed by atoms with Gasteiger partial charge in [0.05, 0.1) is 11.6 Å². The molecule has 96 valence electrons. The van der Waals surface area contributed by atoms with Gasteiger partial charge in [0.2, 0.25) is 0 Å². The van der Waals surface area contributed by atoms with Gasteiger partial charge in [0, 0.05) is 23.2 Å². The van der Waals surface area contributed by atoms with E-state index in [2.05, 4.69) is 6.92 Å². The maximum atomic E-state index is 12.3. The summed E-state index contributed by atoms with van der Waals surface area (Å²) in [5, 5.41) is 1.94. The first-order chi connectivity index (χ1) is 8.68. The summed E-state index contributed by atoms with van der Waals surface area (Å²) >= 11 is 1.63. The molecule has 3 nitrogen and oxygen atoms in total. The average Bonchev–Trinajstić information content (AvgIpc) is 2.78. The van der Waals surface area contributed by atoms with Crippen molar-refractivity contribution >= 4 is 23.0 Å². The molecule has 4 heteroatoms. The van der Waals surface area contributed by atoms with Crippen LogP contribution in [0.15, 0.2) is 5.38 Å². The van der Waals surface area contributed by atoms with Crippen molar-refractivity contribution in [3.05, 3.63) is 21.4 Å². The third kappa shape index (κ3) is 1.79. The van der Waals surface area contributed by atoms with Crippen molar-refractivity contribution < 1.29 is 9.59 Å². The molecule has 2 heterocycles. The van der Waals surface area contributed by atoms with Crippen molar-refractivity contribution in [3.63, 3.8) is 0 Å². The van der Waals surface area contributed by atoms with Gasteiger partial charge in [-0.15, -0.1) is 11.3 Å². The first kappa shape index (κ1) is 11.9. The highest BCUT2D eigenvalue weighted by Gasteiger charge is 2.37. The predicted molar refractivity (Wildman–Crippen MR) is 70.8 cm³/mol. The van der Waals surface area contributed by atoms with Crippen LogP contribution in [0.5, 0.6) is 0 Å². The fourth-order valence-electron chi connectivity index (χ4n) is 2.97. The number of carbonyl (C=O) groups is 2. The number of nitrogens with zero attached hydrogens (tertiary/aromatic N) is 1. The molecule has 0 spiro atoms. The van der Waals surface area contributed by atoms with E-state index in [1.165, 1.54) is 4.88 Å². The van der Waals surface area contributed by atoms with Crippen molar-refractivity contribution in [1.82, 2.24) is 4.90 Å². The molecule has 0 bridgehead atoms. The molecule has 1 aliphatic heterocycles. The molecule has 1 saturated carbocycles. The van der Waals surface area contributed by atoms with Gasteiger partial charge in [-0.05, 0) is 25.3 Å². The Kier molecular flexibility index (Phi) is 2.98. The van der Waals surface area contributed by atoms with Gasteiger partial charge < -0.3 is 4.90 Å². The van der Waals surface area contributed by atoms with Gasteiger partial charge in [0.25, 0.3) is 5.91 Å². The quantitative estimate of drug-likeness (QED) is 0.731. The molecule has 0 N–H and O–H groups in total. The lowest BCUT2D eigenvalue weighted by Gasteiger charge is -2.25. The number of ketones is 1. The summed E-state index contributed by atoms with van der Waals surface area (Å²) in [6.45, 7) is 2.69. The van der Waals surface area contributed by atoms with Crippen LogP contribution >= 0.6 is 11.3 Å².